The Bertz CT molecular complexity index is 1040. The van der Waals surface area contributed by atoms with E-state index in [1.165, 1.54) is 6.08 Å². The predicted molar refractivity (Wildman–Crippen MR) is 121 cm³/mol. The van der Waals surface area contributed by atoms with E-state index in [4.69, 9.17) is 4.74 Å². The summed E-state index contributed by atoms with van der Waals surface area (Å²) in [6.07, 6.45) is 2.37. The number of benzene rings is 2. The number of anilines is 4. The highest BCUT2D eigenvalue weighted by atomic mass is 19.1. The molecule has 1 heterocycles. The summed E-state index contributed by atoms with van der Waals surface area (Å²) in [6.45, 7) is 3.92. The fourth-order valence-corrected chi connectivity index (χ4v) is 2.68. The Labute approximate surface area is 181 Å². The summed E-state index contributed by atoms with van der Waals surface area (Å²) in [5.41, 5.74) is 2.30. The van der Waals surface area contributed by atoms with Gasteiger partial charge in [-0.1, -0.05) is 32.2 Å². The SMILES string of the molecule is C.C=CC(=O)N(C)Cc1ccc(Nc2nc(Nc3cccc(OC)c3)ncc2F)cc1. The summed E-state index contributed by atoms with van der Waals surface area (Å²) in [5, 5.41) is 5.97. The number of carbonyl (C=O) groups excluding carboxylic acids is 1. The van der Waals surface area contributed by atoms with Gasteiger partial charge in [-0.3, -0.25) is 4.79 Å². The maximum absolute atomic E-state index is 14.2. The zero-order chi connectivity index (χ0) is 21.5. The third-order valence-corrected chi connectivity index (χ3v) is 4.26. The lowest BCUT2D eigenvalue weighted by Crippen LogP contribution is -2.23. The van der Waals surface area contributed by atoms with E-state index in [1.54, 1.807) is 37.3 Å². The van der Waals surface area contributed by atoms with E-state index in [-0.39, 0.29) is 25.1 Å². The number of likely N-dealkylation sites (N-methyl/N-ethyl adjacent to an activating group) is 1. The van der Waals surface area contributed by atoms with Gasteiger partial charge in [-0.15, -0.1) is 0 Å². The average molecular weight is 423 g/mol. The molecule has 2 aromatic carbocycles. The van der Waals surface area contributed by atoms with Crippen LogP contribution in [0.15, 0.2) is 67.4 Å². The highest BCUT2D eigenvalue weighted by Gasteiger charge is 2.09. The first kappa shape index (κ1) is 23.3. The van der Waals surface area contributed by atoms with Crippen LogP contribution in [-0.4, -0.2) is 34.9 Å². The van der Waals surface area contributed by atoms with E-state index in [9.17, 15) is 9.18 Å². The van der Waals surface area contributed by atoms with Crippen molar-refractivity contribution >= 4 is 29.0 Å². The Morgan fingerprint density at radius 3 is 2.61 bits per heavy atom. The van der Waals surface area contributed by atoms with Crippen molar-refractivity contribution in [3.05, 3.63) is 78.8 Å². The fraction of sp³-hybridized carbons (Fsp3) is 0.174. The smallest absolute Gasteiger partial charge is 0.245 e. The molecule has 0 saturated heterocycles. The molecule has 1 amide bonds. The number of amides is 1. The number of nitrogens with one attached hydrogen (secondary N) is 2. The van der Waals surface area contributed by atoms with Gasteiger partial charge >= 0.3 is 0 Å². The summed E-state index contributed by atoms with van der Waals surface area (Å²) in [7, 11) is 3.28. The normalized spacial score (nSPS) is 9.90. The first-order chi connectivity index (χ1) is 14.5. The first-order valence-electron chi connectivity index (χ1n) is 9.15. The second kappa shape index (κ2) is 10.7. The summed E-state index contributed by atoms with van der Waals surface area (Å²) >= 11 is 0. The second-order valence-corrected chi connectivity index (χ2v) is 6.47. The molecule has 0 atom stereocenters. The minimum atomic E-state index is -0.577. The molecule has 162 valence electrons. The van der Waals surface area contributed by atoms with Crippen LogP contribution in [0.1, 0.15) is 13.0 Å². The summed E-state index contributed by atoms with van der Waals surface area (Å²) < 4.78 is 19.4. The zero-order valence-electron chi connectivity index (χ0n) is 16.7. The zero-order valence-corrected chi connectivity index (χ0v) is 16.7. The molecule has 3 aromatic rings. The lowest BCUT2D eigenvalue weighted by atomic mass is 10.2. The topological polar surface area (TPSA) is 79.4 Å². The van der Waals surface area contributed by atoms with E-state index >= 15 is 0 Å². The minimum Gasteiger partial charge on any atom is -0.497 e. The Morgan fingerprint density at radius 1 is 1.19 bits per heavy atom. The van der Waals surface area contributed by atoms with Gasteiger partial charge in [0.1, 0.15) is 5.75 Å². The largest absolute Gasteiger partial charge is 0.497 e. The highest BCUT2D eigenvalue weighted by Crippen LogP contribution is 2.23. The fourth-order valence-electron chi connectivity index (χ4n) is 2.68. The molecule has 0 saturated carbocycles. The molecule has 0 aliphatic heterocycles. The predicted octanol–water partition coefficient (Wildman–Crippen LogP) is 4.89. The third-order valence-electron chi connectivity index (χ3n) is 4.26. The number of carbonyl (C=O) groups is 1. The van der Waals surface area contributed by atoms with Gasteiger partial charge in [0.2, 0.25) is 11.9 Å². The molecular formula is C23H26FN5O2. The Kier molecular flexibility index (Phi) is 8.08. The third kappa shape index (κ3) is 6.27. The molecule has 0 fully saturated rings. The Balaban J connectivity index is 0.00000341. The van der Waals surface area contributed by atoms with Gasteiger partial charge in [-0.2, -0.15) is 4.98 Å². The average Bonchev–Trinajstić information content (AvgIpc) is 2.77. The van der Waals surface area contributed by atoms with E-state index in [2.05, 4.69) is 27.2 Å². The van der Waals surface area contributed by atoms with Gasteiger partial charge in [-0.05, 0) is 35.9 Å². The molecule has 31 heavy (non-hydrogen) atoms. The highest BCUT2D eigenvalue weighted by molar-refractivity contribution is 5.86. The number of rotatable bonds is 8. The van der Waals surface area contributed by atoms with Crippen molar-refractivity contribution < 1.29 is 13.9 Å². The van der Waals surface area contributed by atoms with Crippen LogP contribution in [0.5, 0.6) is 5.75 Å². The van der Waals surface area contributed by atoms with Gasteiger partial charge in [0.05, 0.1) is 13.3 Å². The van der Waals surface area contributed by atoms with Crippen molar-refractivity contribution in [2.75, 3.05) is 24.8 Å². The van der Waals surface area contributed by atoms with Crippen LogP contribution in [0.3, 0.4) is 0 Å². The summed E-state index contributed by atoms with van der Waals surface area (Å²) in [6, 6.07) is 14.5. The number of hydrogen-bond acceptors (Lipinski definition) is 6. The lowest BCUT2D eigenvalue weighted by Gasteiger charge is -2.15. The number of aromatic nitrogens is 2. The quantitative estimate of drug-likeness (QED) is 0.502. The van der Waals surface area contributed by atoms with Crippen molar-refractivity contribution in [2.45, 2.75) is 14.0 Å². The maximum Gasteiger partial charge on any atom is 0.245 e. The number of ether oxygens (including phenoxy) is 1. The van der Waals surface area contributed by atoms with Gasteiger partial charge in [0, 0.05) is 31.0 Å². The lowest BCUT2D eigenvalue weighted by molar-refractivity contribution is -0.125. The molecule has 0 aliphatic rings. The molecule has 0 bridgehead atoms. The van der Waals surface area contributed by atoms with E-state index in [1.807, 2.05) is 30.3 Å². The molecule has 8 heteroatoms. The summed E-state index contributed by atoms with van der Waals surface area (Å²) in [4.78, 5) is 21.3. The van der Waals surface area contributed by atoms with Crippen LogP contribution < -0.4 is 15.4 Å². The molecule has 0 spiro atoms. The van der Waals surface area contributed by atoms with Crippen LogP contribution in [0.25, 0.3) is 0 Å². The second-order valence-electron chi connectivity index (χ2n) is 6.47. The molecule has 0 aliphatic carbocycles. The molecule has 7 nitrogen and oxygen atoms in total. The van der Waals surface area contributed by atoms with Crippen LogP contribution in [-0.2, 0) is 11.3 Å². The van der Waals surface area contributed by atoms with E-state index in [0.717, 1.165) is 17.4 Å². The minimum absolute atomic E-state index is 0. The van der Waals surface area contributed by atoms with Gasteiger partial charge in [0.15, 0.2) is 11.6 Å². The Hall–Kier alpha value is -3.94. The molecule has 1 aromatic heterocycles. The standard InChI is InChI=1S/C22H22FN5O2.CH4/c1-4-20(29)28(2)14-15-8-10-16(11-9-15)25-21-19(23)13-24-22(27-21)26-17-6-5-7-18(12-17)30-3;/h4-13H,1,14H2,2-3H3,(H2,24,25,26,27);1H4. The monoisotopic (exact) mass is 423 g/mol. The molecule has 0 unspecified atom stereocenters. The Morgan fingerprint density at radius 2 is 1.94 bits per heavy atom. The van der Waals surface area contributed by atoms with Crippen LogP contribution >= 0.6 is 0 Å². The van der Waals surface area contributed by atoms with Gasteiger partial charge < -0.3 is 20.3 Å². The van der Waals surface area contributed by atoms with Gasteiger partial charge in [0.25, 0.3) is 0 Å². The van der Waals surface area contributed by atoms with Crippen molar-refractivity contribution in [1.29, 1.82) is 0 Å². The van der Waals surface area contributed by atoms with Crippen LogP contribution in [0.2, 0.25) is 0 Å². The van der Waals surface area contributed by atoms with Crippen LogP contribution in [0.4, 0.5) is 27.5 Å². The molecule has 0 radical (unpaired) electrons. The number of halogens is 1. The van der Waals surface area contributed by atoms with Crippen LogP contribution in [0, 0.1) is 5.82 Å². The van der Waals surface area contributed by atoms with Gasteiger partial charge in [-0.25, -0.2) is 9.37 Å². The molecule has 3 rings (SSSR count). The van der Waals surface area contributed by atoms with Crippen molar-refractivity contribution in [1.82, 2.24) is 14.9 Å². The summed E-state index contributed by atoms with van der Waals surface area (Å²) in [5.74, 6) is 0.235. The van der Waals surface area contributed by atoms with Crippen molar-refractivity contribution in [3.8, 4) is 5.75 Å². The number of nitrogens with zero attached hydrogens (tertiary/aromatic N) is 3. The van der Waals surface area contributed by atoms with Crippen molar-refractivity contribution in [3.63, 3.8) is 0 Å². The maximum atomic E-state index is 14.2. The van der Waals surface area contributed by atoms with E-state index < -0.39 is 5.82 Å². The number of methoxy groups -OCH3 is 1. The van der Waals surface area contributed by atoms with Crippen molar-refractivity contribution in [2.24, 2.45) is 0 Å². The first-order valence-corrected chi connectivity index (χ1v) is 9.15. The number of hydrogen-bond donors (Lipinski definition) is 2. The molecule has 2 N–H and O–H groups in total. The van der Waals surface area contributed by atoms with E-state index in [0.29, 0.717) is 18.0 Å². The molecular weight excluding hydrogens is 397 g/mol.